The lowest BCUT2D eigenvalue weighted by Crippen LogP contribution is -2.52. The topological polar surface area (TPSA) is 117 Å². The SMILES string of the molecule is C[C@@H](c1cccc2ccccc12)N1c2cc(/C(N)=N/O)ccc2C(C2CCCCCCC2)C1C(=O)N[C@H]1CC[C@H](N)CC1. The fourth-order valence-corrected chi connectivity index (χ4v) is 8.17. The van der Waals surface area contributed by atoms with E-state index in [2.05, 4.69) is 70.8 Å². The lowest BCUT2D eigenvalue weighted by atomic mass is 9.75. The molecule has 7 heteroatoms. The van der Waals surface area contributed by atoms with E-state index in [1.165, 1.54) is 54.0 Å². The van der Waals surface area contributed by atoms with Gasteiger partial charge in [0.15, 0.2) is 5.84 Å². The summed E-state index contributed by atoms with van der Waals surface area (Å²) in [6.45, 7) is 2.22. The number of hydrogen-bond donors (Lipinski definition) is 4. The van der Waals surface area contributed by atoms with Crippen LogP contribution in [0.5, 0.6) is 0 Å². The molecule has 2 fully saturated rings. The molecule has 3 aromatic rings. The average molecular weight is 582 g/mol. The minimum absolute atomic E-state index is 0.0673. The molecular formula is C36H47N5O2. The number of hydrogen-bond acceptors (Lipinski definition) is 5. The number of nitrogens with two attached hydrogens (primary N) is 2. The second-order valence-corrected chi connectivity index (χ2v) is 13.1. The van der Waals surface area contributed by atoms with Crippen LogP contribution in [0.1, 0.15) is 106 Å². The molecule has 0 bridgehead atoms. The van der Waals surface area contributed by atoms with Crippen LogP contribution in [-0.4, -0.2) is 35.1 Å². The minimum Gasteiger partial charge on any atom is -0.409 e. The lowest BCUT2D eigenvalue weighted by molar-refractivity contribution is -0.124. The summed E-state index contributed by atoms with van der Waals surface area (Å²) in [4.78, 5) is 17.0. The third kappa shape index (κ3) is 5.97. The third-order valence-corrected chi connectivity index (χ3v) is 10.4. The van der Waals surface area contributed by atoms with E-state index in [1.807, 2.05) is 12.1 Å². The van der Waals surface area contributed by atoms with Crippen molar-refractivity contribution in [3.63, 3.8) is 0 Å². The highest BCUT2D eigenvalue weighted by atomic mass is 16.4. The molecule has 2 saturated carbocycles. The molecule has 7 nitrogen and oxygen atoms in total. The van der Waals surface area contributed by atoms with E-state index in [0.29, 0.717) is 11.5 Å². The summed E-state index contributed by atoms with van der Waals surface area (Å²) in [5, 5.41) is 18.7. The molecule has 0 spiro atoms. The standard InChI is InChI=1S/C36H47N5O2/c1-23(29-15-9-13-24-10-7-8-14-30(24)29)41-32-22-26(35(38)40-43)16-21-31(32)33(25-11-5-3-2-4-6-12-25)34(41)36(42)39-28-19-17-27(37)18-20-28/h7-10,13-16,21-23,25,27-28,33-34,43H,2-6,11-12,17-20,37H2,1H3,(H2,38,40)(H,39,42)/t23-,27-,28-,33?,34?/m0/s1. The number of amides is 1. The number of benzene rings is 3. The average Bonchev–Trinajstić information content (AvgIpc) is 3.35. The van der Waals surface area contributed by atoms with Crippen LogP contribution < -0.4 is 21.7 Å². The summed E-state index contributed by atoms with van der Waals surface area (Å²) in [5.74, 6) is 0.669. The number of carbonyl (C=O) groups is 1. The smallest absolute Gasteiger partial charge is 0.243 e. The van der Waals surface area contributed by atoms with Gasteiger partial charge in [0.25, 0.3) is 0 Å². The number of amidine groups is 1. The van der Waals surface area contributed by atoms with Gasteiger partial charge in [-0.15, -0.1) is 0 Å². The van der Waals surface area contributed by atoms with E-state index in [1.54, 1.807) is 0 Å². The normalized spacial score (nSPS) is 26.0. The molecule has 6 N–H and O–H groups in total. The molecule has 2 aliphatic carbocycles. The quantitative estimate of drug-likeness (QED) is 0.112. The molecule has 0 aromatic heterocycles. The maximum Gasteiger partial charge on any atom is 0.243 e. The second kappa shape index (κ2) is 13.0. The van der Waals surface area contributed by atoms with E-state index in [9.17, 15) is 10.0 Å². The number of oxime groups is 1. The van der Waals surface area contributed by atoms with Crippen LogP contribution in [0.15, 0.2) is 65.8 Å². The Labute approximate surface area is 255 Å². The van der Waals surface area contributed by atoms with Gasteiger partial charge in [0.1, 0.15) is 6.04 Å². The van der Waals surface area contributed by atoms with E-state index < -0.39 is 0 Å². The van der Waals surface area contributed by atoms with Crippen LogP contribution in [-0.2, 0) is 4.79 Å². The Hall–Kier alpha value is -3.58. The number of fused-ring (bicyclic) bond motifs is 2. The van der Waals surface area contributed by atoms with Gasteiger partial charge in [0.2, 0.25) is 5.91 Å². The van der Waals surface area contributed by atoms with Gasteiger partial charge in [-0.05, 0) is 79.3 Å². The van der Waals surface area contributed by atoms with E-state index >= 15 is 0 Å². The van der Waals surface area contributed by atoms with Crippen LogP contribution in [0, 0.1) is 5.92 Å². The van der Waals surface area contributed by atoms with Crippen molar-refractivity contribution in [3.8, 4) is 0 Å². The molecule has 3 aliphatic rings. The zero-order valence-electron chi connectivity index (χ0n) is 25.4. The van der Waals surface area contributed by atoms with Crippen molar-refractivity contribution in [1.82, 2.24) is 5.32 Å². The Morgan fingerprint density at radius 2 is 1.63 bits per heavy atom. The van der Waals surface area contributed by atoms with Gasteiger partial charge in [-0.3, -0.25) is 4.79 Å². The largest absolute Gasteiger partial charge is 0.409 e. The zero-order valence-corrected chi connectivity index (χ0v) is 25.4. The van der Waals surface area contributed by atoms with Crippen molar-refractivity contribution >= 4 is 28.2 Å². The molecular weight excluding hydrogens is 534 g/mol. The van der Waals surface area contributed by atoms with Gasteiger partial charge >= 0.3 is 0 Å². The van der Waals surface area contributed by atoms with Crippen molar-refractivity contribution in [1.29, 1.82) is 0 Å². The predicted octanol–water partition coefficient (Wildman–Crippen LogP) is 6.71. The molecule has 228 valence electrons. The molecule has 0 saturated heterocycles. The minimum atomic E-state index is -0.355. The highest BCUT2D eigenvalue weighted by Crippen LogP contribution is 2.52. The fourth-order valence-electron chi connectivity index (χ4n) is 8.17. The first-order valence-corrected chi connectivity index (χ1v) is 16.4. The second-order valence-electron chi connectivity index (χ2n) is 13.1. The van der Waals surface area contributed by atoms with Crippen LogP contribution in [0.3, 0.4) is 0 Å². The van der Waals surface area contributed by atoms with E-state index in [4.69, 9.17) is 11.5 Å². The maximum atomic E-state index is 14.7. The highest BCUT2D eigenvalue weighted by molar-refractivity contribution is 5.99. The Morgan fingerprint density at radius 3 is 2.37 bits per heavy atom. The molecule has 43 heavy (non-hydrogen) atoms. The summed E-state index contributed by atoms with van der Waals surface area (Å²) >= 11 is 0. The van der Waals surface area contributed by atoms with Crippen molar-refractivity contribution in [3.05, 3.63) is 77.4 Å². The monoisotopic (exact) mass is 581 g/mol. The highest BCUT2D eigenvalue weighted by Gasteiger charge is 2.48. The predicted molar refractivity (Wildman–Crippen MR) is 175 cm³/mol. The maximum absolute atomic E-state index is 14.7. The molecule has 1 amide bonds. The molecule has 1 heterocycles. The third-order valence-electron chi connectivity index (χ3n) is 10.4. The summed E-state index contributed by atoms with van der Waals surface area (Å²) in [6.07, 6.45) is 12.2. The Morgan fingerprint density at radius 1 is 0.930 bits per heavy atom. The summed E-state index contributed by atoms with van der Waals surface area (Å²) in [6, 6.07) is 21.0. The van der Waals surface area contributed by atoms with Gasteiger partial charge < -0.3 is 26.9 Å². The van der Waals surface area contributed by atoms with Gasteiger partial charge in [-0.25, -0.2) is 0 Å². The van der Waals surface area contributed by atoms with Crippen LogP contribution in [0.25, 0.3) is 10.8 Å². The molecule has 2 unspecified atom stereocenters. The molecule has 1 aliphatic heterocycles. The first-order chi connectivity index (χ1) is 21.0. The Kier molecular flexibility index (Phi) is 8.89. The van der Waals surface area contributed by atoms with E-state index in [0.717, 1.165) is 44.2 Å². The number of nitrogens with one attached hydrogen (secondary N) is 1. The molecule has 3 atom stereocenters. The molecule has 3 aromatic carbocycles. The first-order valence-electron chi connectivity index (χ1n) is 16.4. The van der Waals surface area contributed by atoms with Gasteiger partial charge in [-0.1, -0.05) is 91.9 Å². The van der Waals surface area contributed by atoms with Crippen LogP contribution in [0.4, 0.5) is 5.69 Å². The number of anilines is 1. The summed E-state index contributed by atoms with van der Waals surface area (Å²) < 4.78 is 0. The van der Waals surface area contributed by atoms with Gasteiger partial charge in [0.05, 0.1) is 6.04 Å². The van der Waals surface area contributed by atoms with Crippen molar-refractivity contribution < 1.29 is 10.0 Å². The Balaban J connectivity index is 1.48. The van der Waals surface area contributed by atoms with Crippen LogP contribution >= 0.6 is 0 Å². The van der Waals surface area contributed by atoms with Gasteiger partial charge in [-0.2, -0.15) is 0 Å². The van der Waals surface area contributed by atoms with Crippen molar-refractivity contribution in [2.24, 2.45) is 22.5 Å². The summed E-state index contributed by atoms with van der Waals surface area (Å²) in [5.41, 5.74) is 16.4. The zero-order chi connectivity index (χ0) is 29.9. The summed E-state index contributed by atoms with van der Waals surface area (Å²) in [7, 11) is 0. The van der Waals surface area contributed by atoms with Crippen LogP contribution in [0.2, 0.25) is 0 Å². The van der Waals surface area contributed by atoms with Gasteiger partial charge in [0, 0.05) is 29.3 Å². The van der Waals surface area contributed by atoms with Crippen molar-refractivity contribution in [2.45, 2.75) is 108 Å². The number of carbonyl (C=O) groups excluding carboxylic acids is 1. The molecule has 6 rings (SSSR count). The number of rotatable bonds is 6. The van der Waals surface area contributed by atoms with E-state index in [-0.39, 0.29) is 41.8 Å². The Bertz CT molecular complexity index is 1450. The molecule has 0 radical (unpaired) electrons. The first kappa shape index (κ1) is 29.5. The van der Waals surface area contributed by atoms with Crippen molar-refractivity contribution in [2.75, 3.05) is 4.90 Å². The number of nitrogens with zero attached hydrogens (tertiary/aromatic N) is 2. The lowest BCUT2D eigenvalue weighted by Gasteiger charge is -2.39. The fraction of sp³-hybridized carbons (Fsp3) is 0.500.